The van der Waals surface area contributed by atoms with Gasteiger partial charge in [-0.2, -0.15) is 4.98 Å². The summed E-state index contributed by atoms with van der Waals surface area (Å²) in [6.07, 6.45) is 0.829. The summed E-state index contributed by atoms with van der Waals surface area (Å²) in [6.45, 7) is 2.64. The predicted molar refractivity (Wildman–Crippen MR) is 57.3 cm³/mol. The minimum absolute atomic E-state index is 0.622. The van der Waals surface area contributed by atoms with E-state index in [1.54, 1.807) is 7.11 Å². The highest BCUT2D eigenvalue weighted by Crippen LogP contribution is 2.10. The molecular weight excluding hydrogens is 176 g/mol. The van der Waals surface area contributed by atoms with Crippen LogP contribution in [-0.4, -0.2) is 18.6 Å². The second-order valence-corrected chi connectivity index (χ2v) is 2.67. The Hall–Kier alpha value is -1.69. The third kappa shape index (κ3) is 3.36. The van der Waals surface area contributed by atoms with Crippen LogP contribution in [0.2, 0.25) is 0 Å². The van der Waals surface area contributed by atoms with Crippen LogP contribution >= 0.6 is 0 Å². The van der Waals surface area contributed by atoms with Crippen LogP contribution in [0.4, 0.5) is 5.82 Å². The summed E-state index contributed by atoms with van der Waals surface area (Å²) in [5, 5.41) is 3.16. The molecule has 0 amide bonds. The molecule has 0 saturated carbocycles. The zero-order valence-corrected chi connectivity index (χ0v) is 8.50. The van der Waals surface area contributed by atoms with Gasteiger partial charge in [0.2, 0.25) is 5.88 Å². The van der Waals surface area contributed by atoms with Gasteiger partial charge in [0.05, 0.1) is 7.11 Å². The lowest BCUT2D eigenvalue weighted by Gasteiger charge is -2.04. The Morgan fingerprint density at radius 3 is 3.07 bits per heavy atom. The van der Waals surface area contributed by atoms with Crippen molar-refractivity contribution in [1.82, 2.24) is 4.98 Å². The van der Waals surface area contributed by atoms with Crippen molar-refractivity contribution in [1.29, 1.82) is 0 Å². The molecule has 0 saturated heterocycles. The maximum atomic E-state index is 5.00. The molecule has 0 unspecified atom stereocenters. The van der Waals surface area contributed by atoms with Gasteiger partial charge in [-0.05, 0) is 13.0 Å². The fraction of sp³-hybridized carbons (Fsp3) is 0.364. The normalized spacial score (nSPS) is 8.71. The topological polar surface area (TPSA) is 34.1 Å². The lowest BCUT2D eigenvalue weighted by molar-refractivity contribution is 0.398. The van der Waals surface area contributed by atoms with E-state index in [2.05, 4.69) is 22.1 Å². The number of hydrogen-bond donors (Lipinski definition) is 1. The van der Waals surface area contributed by atoms with Gasteiger partial charge in [0.25, 0.3) is 0 Å². The van der Waals surface area contributed by atoms with Crippen LogP contribution in [0.3, 0.4) is 0 Å². The van der Waals surface area contributed by atoms with E-state index in [4.69, 9.17) is 4.74 Å². The summed E-state index contributed by atoms with van der Waals surface area (Å²) in [5.74, 6) is 7.26. The number of aromatic nitrogens is 1. The molecule has 0 spiro atoms. The summed E-state index contributed by atoms with van der Waals surface area (Å²) >= 11 is 0. The lowest BCUT2D eigenvalue weighted by Crippen LogP contribution is -2.02. The average molecular weight is 190 g/mol. The highest BCUT2D eigenvalue weighted by Gasteiger charge is 1.94. The SMILES string of the molecule is CC#CCCNc1cccc(OC)n1. The van der Waals surface area contributed by atoms with Gasteiger partial charge in [0.15, 0.2) is 0 Å². The second-order valence-electron chi connectivity index (χ2n) is 2.67. The van der Waals surface area contributed by atoms with Crippen LogP contribution in [-0.2, 0) is 0 Å². The summed E-state index contributed by atoms with van der Waals surface area (Å²) in [6, 6.07) is 5.62. The molecule has 0 aliphatic carbocycles. The summed E-state index contributed by atoms with van der Waals surface area (Å²) in [4.78, 5) is 4.21. The van der Waals surface area contributed by atoms with E-state index in [0.717, 1.165) is 18.8 Å². The van der Waals surface area contributed by atoms with Crippen LogP contribution in [0.1, 0.15) is 13.3 Å². The number of nitrogens with zero attached hydrogens (tertiary/aromatic N) is 1. The largest absolute Gasteiger partial charge is 0.481 e. The predicted octanol–water partition coefficient (Wildman–Crippen LogP) is 1.92. The molecule has 0 fully saturated rings. The highest BCUT2D eigenvalue weighted by molar-refractivity contribution is 5.37. The van der Waals surface area contributed by atoms with E-state index >= 15 is 0 Å². The number of methoxy groups -OCH3 is 1. The summed E-state index contributed by atoms with van der Waals surface area (Å²) < 4.78 is 5.00. The minimum atomic E-state index is 0.622. The Morgan fingerprint density at radius 2 is 2.36 bits per heavy atom. The molecule has 1 aromatic heterocycles. The Labute approximate surface area is 84.5 Å². The molecule has 3 heteroatoms. The maximum absolute atomic E-state index is 5.00. The molecule has 3 nitrogen and oxygen atoms in total. The number of hydrogen-bond acceptors (Lipinski definition) is 3. The molecule has 0 atom stereocenters. The van der Waals surface area contributed by atoms with E-state index in [1.807, 2.05) is 25.1 Å². The summed E-state index contributed by atoms with van der Waals surface area (Å²) in [7, 11) is 1.61. The van der Waals surface area contributed by atoms with Crippen LogP contribution in [0.15, 0.2) is 18.2 Å². The molecule has 0 bridgehead atoms. The van der Waals surface area contributed by atoms with Crippen molar-refractivity contribution in [2.75, 3.05) is 19.0 Å². The minimum Gasteiger partial charge on any atom is -0.481 e. The molecule has 1 rings (SSSR count). The quantitative estimate of drug-likeness (QED) is 0.581. The Kier molecular flexibility index (Phi) is 4.36. The molecule has 1 heterocycles. The summed E-state index contributed by atoms with van der Waals surface area (Å²) in [5.41, 5.74) is 0. The molecule has 0 radical (unpaired) electrons. The van der Waals surface area contributed by atoms with Gasteiger partial charge in [-0.3, -0.25) is 0 Å². The first-order chi connectivity index (χ1) is 6.86. The Bertz CT molecular complexity index is 339. The number of rotatable bonds is 4. The van der Waals surface area contributed by atoms with Gasteiger partial charge in [0.1, 0.15) is 5.82 Å². The lowest BCUT2D eigenvalue weighted by atomic mass is 10.4. The monoisotopic (exact) mass is 190 g/mol. The first kappa shape index (κ1) is 10.4. The van der Waals surface area contributed by atoms with E-state index in [0.29, 0.717) is 5.88 Å². The van der Waals surface area contributed by atoms with Crippen molar-refractivity contribution in [3.05, 3.63) is 18.2 Å². The number of pyridine rings is 1. The molecule has 1 N–H and O–H groups in total. The van der Waals surface area contributed by atoms with Gasteiger partial charge in [-0.25, -0.2) is 0 Å². The zero-order valence-electron chi connectivity index (χ0n) is 8.50. The first-order valence-corrected chi connectivity index (χ1v) is 4.51. The molecular formula is C11H14N2O. The van der Waals surface area contributed by atoms with Crippen LogP contribution < -0.4 is 10.1 Å². The zero-order chi connectivity index (χ0) is 10.2. The number of ether oxygens (including phenoxy) is 1. The molecule has 74 valence electrons. The van der Waals surface area contributed by atoms with Crippen LogP contribution in [0.5, 0.6) is 5.88 Å². The van der Waals surface area contributed by atoms with Crippen molar-refractivity contribution < 1.29 is 4.74 Å². The van der Waals surface area contributed by atoms with E-state index in [-0.39, 0.29) is 0 Å². The standard InChI is InChI=1S/C11H14N2O/c1-3-4-5-9-12-10-7-6-8-11(13-10)14-2/h6-8H,5,9H2,1-2H3,(H,12,13). The van der Waals surface area contributed by atoms with Gasteiger partial charge < -0.3 is 10.1 Å². The fourth-order valence-corrected chi connectivity index (χ4v) is 1.01. The second kappa shape index (κ2) is 5.87. The maximum Gasteiger partial charge on any atom is 0.214 e. The molecule has 0 aliphatic rings. The Morgan fingerprint density at radius 1 is 1.50 bits per heavy atom. The van der Waals surface area contributed by atoms with Gasteiger partial charge >= 0.3 is 0 Å². The van der Waals surface area contributed by atoms with E-state index < -0.39 is 0 Å². The Balaban J connectivity index is 2.44. The average Bonchev–Trinajstić information content (AvgIpc) is 2.25. The fourth-order valence-electron chi connectivity index (χ4n) is 1.01. The number of nitrogens with one attached hydrogen (secondary N) is 1. The van der Waals surface area contributed by atoms with E-state index in [1.165, 1.54) is 0 Å². The van der Waals surface area contributed by atoms with Crippen molar-refractivity contribution in [2.24, 2.45) is 0 Å². The van der Waals surface area contributed by atoms with Crippen LogP contribution in [0, 0.1) is 11.8 Å². The molecule has 0 aliphatic heterocycles. The third-order valence-electron chi connectivity index (χ3n) is 1.67. The van der Waals surface area contributed by atoms with E-state index in [9.17, 15) is 0 Å². The van der Waals surface area contributed by atoms with Crippen molar-refractivity contribution in [2.45, 2.75) is 13.3 Å². The van der Waals surface area contributed by atoms with Crippen LogP contribution in [0.25, 0.3) is 0 Å². The van der Waals surface area contributed by atoms with Crippen molar-refractivity contribution in [3.63, 3.8) is 0 Å². The van der Waals surface area contributed by atoms with Crippen molar-refractivity contribution >= 4 is 5.82 Å². The van der Waals surface area contributed by atoms with Gasteiger partial charge in [0, 0.05) is 19.0 Å². The molecule has 0 aromatic carbocycles. The van der Waals surface area contributed by atoms with Gasteiger partial charge in [-0.15, -0.1) is 11.8 Å². The smallest absolute Gasteiger partial charge is 0.214 e. The van der Waals surface area contributed by atoms with Crippen molar-refractivity contribution in [3.8, 4) is 17.7 Å². The third-order valence-corrected chi connectivity index (χ3v) is 1.67. The molecule has 14 heavy (non-hydrogen) atoms. The van der Waals surface area contributed by atoms with Gasteiger partial charge in [-0.1, -0.05) is 6.07 Å². The first-order valence-electron chi connectivity index (χ1n) is 4.51. The highest BCUT2D eigenvalue weighted by atomic mass is 16.5. The number of anilines is 1. The molecule has 1 aromatic rings.